The Bertz CT molecular complexity index is 1430. The second kappa shape index (κ2) is 15.0. The Morgan fingerprint density at radius 2 is 1.53 bits per heavy atom. The summed E-state index contributed by atoms with van der Waals surface area (Å²) in [5, 5.41) is -0.345. The lowest BCUT2D eigenvalue weighted by molar-refractivity contribution is -0.0637. The SMILES string of the molecule is COCC1[C@@H](c2ccc(-c3cccc(C)c3C)cc2)[C@@H]2CN(S(=O)(=O)C3CC4(CCCCCCCCC4)CN(C)C3C)CCCCN12. The molecule has 7 heteroatoms. The van der Waals surface area contributed by atoms with Gasteiger partial charge in [-0.15, -0.1) is 0 Å². The molecule has 4 aliphatic rings. The summed E-state index contributed by atoms with van der Waals surface area (Å²) in [6.45, 7) is 10.5. The van der Waals surface area contributed by atoms with Gasteiger partial charge >= 0.3 is 0 Å². The lowest BCUT2D eigenvalue weighted by Gasteiger charge is -2.57. The van der Waals surface area contributed by atoms with Crippen molar-refractivity contribution in [3.63, 3.8) is 0 Å². The third-order valence-electron chi connectivity index (χ3n) is 12.8. The van der Waals surface area contributed by atoms with Crippen LogP contribution in [0.3, 0.4) is 0 Å². The topological polar surface area (TPSA) is 53.1 Å². The number of hydrogen-bond donors (Lipinski definition) is 0. The standard InChI is InChI=1S/C40H61N3O3S/c1-30-16-15-17-35(31(30)2)33-18-20-34(21-19-33)39-36-27-42(24-13-14-25-43(36)37(39)28-46-5)47(44,45)38-26-40(29-41(4)32(38)3)22-11-9-7-6-8-10-12-23-40/h15-21,32,36-39H,6-14,22-29H2,1-5H3/t32?,36-,37?,38?,39-/m0/s1. The first-order valence-corrected chi connectivity index (χ1v) is 20.3. The summed E-state index contributed by atoms with van der Waals surface area (Å²) in [6.07, 6.45) is 14.2. The van der Waals surface area contributed by atoms with E-state index in [1.165, 1.54) is 85.6 Å². The lowest BCUT2D eigenvalue weighted by atomic mass is 9.70. The number of fused-ring (bicyclic) bond motifs is 1. The van der Waals surface area contributed by atoms with Crippen molar-refractivity contribution in [3.8, 4) is 11.1 Å². The molecule has 0 amide bonds. The number of ether oxygens (including phenoxy) is 1. The van der Waals surface area contributed by atoms with Crippen LogP contribution in [0.15, 0.2) is 42.5 Å². The Morgan fingerprint density at radius 1 is 0.872 bits per heavy atom. The van der Waals surface area contributed by atoms with Crippen LogP contribution in [0.4, 0.5) is 0 Å². The van der Waals surface area contributed by atoms with Gasteiger partial charge in [0.05, 0.1) is 11.9 Å². The van der Waals surface area contributed by atoms with E-state index in [0.717, 1.165) is 32.4 Å². The van der Waals surface area contributed by atoms with E-state index < -0.39 is 10.0 Å². The molecule has 260 valence electrons. The van der Waals surface area contributed by atoms with Crippen LogP contribution >= 0.6 is 0 Å². The highest BCUT2D eigenvalue weighted by atomic mass is 32.2. The third kappa shape index (κ3) is 7.26. The number of methoxy groups -OCH3 is 1. The molecule has 1 aliphatic carbocycles. The Hall–Kier alpha value is -1.77. The van der Waals surface area contributed by atoms with Crippen molar-refractivity contribution in [1.82, 2.24) is 14.1 Å². The maximum Gasteiger partial charge on any atom is 0.218 e. The van der Waals surface area contributed by atoms with Gasteiger partial charge in [0, 0.05) is 50.8 Å². The Balaban J connectivity index is 1.26. The second-order valence-corrected chi connectivity index (χ2v) is 17.9. The summed E-state index contributed by atoms with van der Waals surface area (Å²) >= 11 is 0. The number of aryl methyl sites for hydroxylation is 1. The van der Waals surface area contributed by atoms with Crippen LogP contribution in [0.25, 0.3) is 11.1 Å². The first-order chi connectivity index (χ1) is 22.6. The van der Waals surface area contributed by atoms with Gasteiger partial charge in [-0.25, -0.2) is 12.7 Å². The number of sulfonamides is 1. The highest BCUT2D eigenvalue weighted by Gasteiger charge is 2.53. The monoisotopic (exact) mass is 663 g/mol. The molecule has 2 aromatic carbocycles. The zero-order chi connectivity index (χ0) is 33.2. The van der Waals surface area contributed by atoms with Gasteiger partial charge < -0.3 is 9.64 Å². The van der Waals surface area contributed by atoms with Crippen molar-refractivity contribution in [1.29, 1.82) is 0 Å². The Kier molecular flexibility index (Phi) is 11.2. The van der Waals surface area contributed by atoms with Gasteiger partial charge in [-0.1, -0.05) is 87.4 Å². The molecule has 47 heavy (non-hydrogen) atoms. The van der Waals surface area contributed by atoms with Gasteiger partial charge in [-0.3, -0.25) is 4.90 Å². The van der Waals surface area contributed by atoms with Gasteiger partial charge in [-0.05, 0) is 99.7 Å². The fourth-order valence-corrected chi connectivity index (χ4v) is 12.2. The Morgan fingerprint density at radius 3 is 2.21 bits per heavy atom. The number of likely N-dealkylation sites (tertiary alicyclic amines) is 1. The molecular formula is C40H61N3O3S. The van der Waals surface area contributed by atoms with Crippen LogP contribution in [0.5, 0.6) is 0 Å². The molecule has 3 heterocycles. The minimum atomic E-state index is -3.50. The molecule has 6 nitrogen and oxygen atoms in total. The van der Waals surface area contributed by atoms with Gasteiger partial charge in [0.25, 0.3) is 0 Å². The average molecular weight is 664 g/mol. The van der Waals surface area contributed by atoms with Crippen molar-refractivity contribution in [3.05, 3.63) is 59.2 Å². The maximum atomic E-state index is 14.9. The molecule has 0 bridgehead atoms. The first kappa shape index (κ1) is 35.1. The summed E-state index contributed by atoms with van der Waals surface area (Å²) in [4.78, 5) is 4.96. The van der Waals surface area contributed by atoms with Crippen molar-refractivity contribution < 1.29 is 13.2 Å². The van der Waals surface area contributed by atoms with Crippen LogP contribution in [-0.4, -0.2) is 92.8 Å². The molecule has 3 unspecified atom stereocenters. The minimum absolute atomic E-state index is 0.0265. The smallest absolute Gasteiger partial charge is 0.218 e. The van der Waals surface area contributed by atoms with Crippen molar-refractivity contribution in [2.45, 2.75) is 127 Å². The summed E-state index contributed by atoms with van der Waals surface area (Å²) in [6, 6.07) is 16.1. The first-order valence-electron chi connectivity index (χ1n) is 18.8. The maximum absolute atomic E-state index is 14.9. The molecule has 0 aromatic heterocycles. The quantitative estimate of drug-likeness (QED) is 0.316. The zero-order valence-corrected chi connectivity index (χ0v) is 30.7. The lowest BCUT2D eigenvalue weighted by Crippen LogP contribution is -2.68. The average Bonchev–Trinajstić information content (AvgIpc) is 3.04. The fourth-order valence-electron chi connectivity index (χ4n) is 9.78. The Labute approximate surface area is 286 Å². The van der Waals surface area contributed by atoms with Crippen molar-refractivity contribution in [2.75, 3.05) is 46.9 Å². The van der Waals surface area contributed by atoms with Gasteiger partial charge in [-0.2, -0.15) is 0 Å². The highest BCUT2D eigenvalue weighted by molar-refractivity contribution is 7.89. The molecule has 3 aliphatic heterocycles. The predicted molar refractivity (Wildman–Crippen MR) is 194 cm³/mol. The van der Waals surface area contributed by atoms with E-state index in [1.807, 2.05) is 4.31 Å². The van der Waals surface area contributed by atoms with Crippen molar-refractivity contribution >= 4 is 10.0 Å². The number of rotatable bonds is 6. The summed E-state index contributed by atoms with van der Waals surface area (Å²) in [5.74, 6) is 0.245. The van der Waals surface area contributed by atoms with Crippen LogP contribution in [-0.2, 0) is 14.8 Å². The summed E-state index contributed by atoms with van der Waals surface area (Å²) < 4.78 is 37.5. The van der Waals surface area contributed by atoms with Crippen LogP contribution in [0.2, 0.25) is 0 Å². The van der Waals surface area contributed by atoms with Crippen LogP contribution < -0.4 is 0 Å². The van der Waals surface area contributed by atoms with E-state index in [-0.39, 0.29) is 34.7 Å². The van der Waals surface area contributed by atoms with E-state index in [9.17, 15) is 8.42 Å². The predicted octanol–water partition coefficient (Wildman–Crippen LogP) is 7.78. The molecule has 3 saturated heterocycles. The normalized spacial score (nSPS) is 30.2. The van der Waals surface area contributed by atoms with E-state index in [2.05, 4.69) is 80.1 Å². The van der Waals surface area contributed by atoms with Crippen LogP contribution in [0, 0.1) is 19.3 Å². The van der Waals surface area contributed by atoms with Crippen molar-refractivity contribution in [2.24, 2.45) is 5.41 Å². The zero-order valence-electron chi connectivity index (χ0n) is 29.9. The summed E-state index contributed by atoms with van der Waals surface area (Å²) in [5.41, 5.74) is 6.56. The fraction of sp³-hybridized carbons (Fsp3) is 0.700. The third-order valence-corrected chi connectivity index (χ3v) is 15.2. The molecule has 1 saturated carbocycles. The van der Waals surface area contributed by atoms with E-state index in [1.54, 1.807) is 7.11 Å². The van der Waals surface area contributed by atoms with E-state index in [0.29, 0.717) is 19.7 Å². The number of benzene rings is 2. The van der Waals surface area contributed by atoms with Crippen LogP contribution in [0.1, 0.15) is 107 Å². The van der Waals surface area contributed by atoms with E-state index in [4.69, 9.17) is 4.74 Å². The van der Waals surface area contributed by atoms with E-state index >= 15 is 0 Å². The number of nitrogens with zero attached hydrogens (tertiary/aromatic N) is 3. The molecule has 0 radical (unpaired) electrons. The molecule has 5 atom stereocenters. The molecule has 0 N–H and O–H groups in total. The molecule has 4 fully saturated rings. The number of piperidine rings is 1. The largest absolute Gasteiger partial charge is 0.383 e. The summed E-state index contributed by atoms with van der Waals surface area (Å²) in [7, 11) is 0.483. The minimum Gasteiger partial charge on any atom is -0.383 e. The molecule has 1 spiro atoms. The number of hydrogen-bond acceptors (Lipinski definition) is 5. The van der Waals surface area contributed by atoms with Gasteiger partial charge in [0.15, 0.2) is 0 Å². The van der Waals surface area contributed by atoms with Gasteiger partial charge in [0.1, 0.15) is 0 Å². The molecule has 2 aromatic rings. The molecular weight excluding hydrogens is 603 g/mol. The highest BCUT2D eigenvalue weighted by Crippen LogP contribution is 2.47. The molecule has 6 rings (SSSR count). The second-order valence-electron chi connectivity index (χ2n) is 15.7. The van der Waals surface area contributed by atoms with Gasteiger partial charge in [0.2, 0.25) is 10.0 Å².